The third kappa shape index (κ3) is 1.30. The highest BCUT2D eigenvalue weighted by molar-refractivity contribution is 4.82. The summed E-state index contributed by atoms with van der Waals surface area (Å²) in [5, 5.41) is 0. The summed E-state index contributed by atoms with van der Waals surface area (Å²) in [6, 6.07) is 0. The van der Waals surface area contributed by atoms with Gasteiger partial charge in [-0.3, -0.25) is 0 Å². The minimum atomic E-state index is -0.825. The third-order valence-electron chi connectivity index (χ3n) is 1.58. The smallest absolute Gasteiger partial charge is 0.326 e. The predicted octanol–water partition coefficient (Wildman–Crippen LogP) is 1.26. The molecule has 1 rings (SSSR count). The van der Waals surface area contributed by atoms with E-state index in [1.807, 2.05) is 6.08 Å². The van der Waals surface area contributed by atoms with Crippen molar-refractivity contribution in [3.63, 3.8) is 0 Å². The summed E-state index contributed by atoms with van der Waals surface area (Å²) >= 11 is 0. The number of allylic oxidation sites excluding steroid dienone is 1. The SMILES string of the molecule is COC1(OC)CCC=CO1. The Kier molecular flexibility index (Phi) is 2.29. The Labute approximate surface area is 60.6 Å². The molecule has 3 nitrogen and oxygen atoms in total. The summed E-state index contributed by atoms with van der Waals surface area (Å²) in [7, 11) is 3.14. The normalized spacial score (nSPS) is 22.2. The van der Waals surface area contributed by atoms with Gasteiger partial charge in [-0.15, -0.1) is 0 Å². The van der Waals surface area contributed by atoms with Crippen LogP contribution in [0.5, 0.6) is 0 Å². The first kappa shape index (κ1) is 7.57. The number of hydrogen-bond acceptors (Lipinski definition) is 3. The highest BCUT2D eigenvalue weighted by atomic mass is 16.9. The van der Waals surface area contributed by atoms with Crippen LogP contribution < -0.4 is 0 Å². The molecule has 0 unspecified atom stereocenters. The molecular formula is C7H12O3. The molecule has 0 atom stereocenters. The van der Waals surface area contributed by atoms with Crippen LogP contribution in [0.4, 0.5) is 0 Å². The van der Waals surface area contributed by atoms with Crippen molar-refractivity contribution >= 4 is 0 Å². The summed E-state index contributed by atoms with van der Waals surface area (Å²) in [5.41, 5.74) is 0. The lowest BCUT2D eigenvalue weighted by Crippen LogP contribution is -2.36. The summed E-state index contributed by atoms with van der Waals surface area (Å²) in [4.78, 5) is 0. The second-order valence-corrected chi connectivity index (χ2v) is 2.12. The lowest BCUT2D eigenvalue weighted by Gasteiger charge is -2.30. The van der Waals surface area contributed by atoms with Gasteiger partial charge in [-0.1, -0.05) is 0 Å². The number of ether oxygens (including phenoxy) is 3. The van der Waals surface area contributed by atoms with Gasteiger partial charge in [0.05, 0.1) is 6.26 Å². The van der Waals surface area contributed by atoms with Crippen molar-refractivity contribution in [1.29, 1.82) is 0 Å². The molecule has 3 heteroatoms. The van der Waals surface area contributed by atoms with Gasteiger partial charge in [0, 0.05) is 20.6 Å². The van der Waals surface area contributed by atoms with E-state index in [1.54, 1.807) is 20.5 Å². The topological polar surface area (TPSA) is 27.7 Å². The molecule has 0 spiro atoms. The molecule has 0 saturated carbocycles. The van der Waals surface area contributed by atoms with Gasteiger partial charge in [0.2, 0.25) is 0 Å². The average molecular weight is 144 g/mol. The Morgan fingerprint density at radius 3 is 2.40 bits per heavy atom. The molecule has 1 aliphatic heterocycles. The average Bonchev–Trinajstić information content (AvgIpc) is 2.06. The van der Waals surface area contributed by atoms with Crippen LogP contribution in [0.3, 0.4) is 0 Å². The van der Waals surface area contributed by atoms with Crippen LogP contribution >= 0.6 is 0 Å². The first-order valence-corrected chi connectivity index (χ1v) is 3.26. The zero-order valence-corrected chi connectivity index (χ0v) is 6.29. The van der Waals surface area contributed by atoms with Gasteiger partial charge < -0.3 is 14.2 Å². The van der Waals surface area contributed by atoms with Crippen molar-refractivity contribution in [3.05, 3.63) is 12.3 Å². The van der Waals surface area contributed by atoms with Crippen LogP contribution in [0.1, 0.15) is 12.8 Å². The fourth-order valence-corrected chi connectivity index (χ4v) is 0.923. The molecule has 0 aromatic heterocycles. The Morgan fingerprint density at radius 2 is 2.10 bits per heavy atom. The van der Waals surface area contributed by atoms with E-state index < -0.39 is 5.97 Å². The fraction of sp³-hybridized carbons (Fsp3) is 0.714. The van der Waals surface area contributed by atoms with E-state index >= 15 is 0 Å². The summed E-state index contributed by atoms with van der Waals surface area (Å²) in [5.74, 6) is -0.825. The molecule has 0 radical (unpaired) electrons. The second kappa shape index (κ2) is 3.03. The van der Waals surface area contributed by atoms with Crippen LogP contribution in [0.2, 0.25) is 0 Å². The standard InChI is InChI=1S/C7H12O3/c1-8-7(9-2)5-3-4-6-10-7/h4,6H,3,5H2,1-2H3. The van der Waals surface area contributed by atoms with Gasteiger partial charge in [-0.25, -0.2) is 0 Å². The summed E-state index contributed by atoms with van der Waals surface area (Å²) in [6.07, 6.45) is 5.23. The van der Waals surface area contributed by atoms with Crippen LogP contribution in [0.15, 0.2) is 12.3 Å². The highest BCUT2D eigenvalue weighted by Gasteiger charge is 2.31. The van der Waals surface area contributed by atoms with E-state index in [1.165, 1.54) is 0 Å². The molecule has 0 N–H and O–H groups in total. The predicted molar refractivity (Wildman–Crippen MR) is 36.2 cm³/mol. The molecule has 58 valence electrons. The van der Waals surface area contributed by atoms with Gasteiger partial charge >= 0.3 is 5.97 Å². The maximum atomic E-state index is 5.14. The molecule has 0 saturated heterocycles. The molecule has 0 aliphatic carbocycles. The van der Waals surface area contributed by atoms with E-state index in [-0.39, 0.29) is 0 Å². The molecule has 1 heterocycles. The molecule has 0 amide bonds. The van der Waals surface area contributed by atoms with Gasteiger partial charge in [-0.05, 0) is 12.5 Å². The molecule has 0 aromatic rings. The van der Waals surface area contributed by atoms with Gasteiger partial charge in [0.15, 0.2) is 0 Å². The zero-order chi connectivity index (χ0) is 7.45. The van der Waals surface area contributed by atoms with E-state index in [9.17, 15) is 0 Å². The lowest BCUT2D eigenvalue weighted by molar-refractivity contribution is -0.347. The highest BCUT2D eigenvalue weighted by Crippen LogP contribution is 2.24. The number of hydrogen-bond donors (Lipinski definition) is 0. The Balaban J connectivity index is 2.55. The van der Waals surface area contributed by atoms with Crippen LogP contribution in [-0.2, 0) is 14.2 Å². The molecule has 10 heavy (non-hydrogen) atoms. The monoisotopic (exact) mass is 144 g/mol. The van der Waals surface area contributed by atoms with Crippen LogP contribution in [0.25, 0.3) is 0 Å². The quantitative estimate of drug-likeness (QED) is 0.546. The molecule has 0 aromatic carbocycles. The van der Waals surface area contributed by atoms with E-state index in [4.69, 9.17) is 14.2 Å². The van der Waals surface area contributed by atoms with E-state index in [2.05, 4.69) is 0 Å². The minimum Gasteiger partial charge on any atom is -0.447 e. The van der Waals surface area contributed by atoms with Crippen LogP contribution in [0, 0.1) is 0 Å². The van der Waals surface area contributed by atoms with Crippen molar-refractivity contribution < 1.29 is 14.2 Å². The van der Waals surface area contributed by atoms with Crippen LogP contribution in [-0.4, -0.2) is 20.2 Å². The Bertz CT molecular complexity index is 127. The summed E-state index contributed by atoms with van der Waals surface area (Å²) < 4.78 is 15.2. The second-order valence-electron chi connectivity index (χ2n) is 2.12. The molecule has 0 bridgehead atoms. The largest absolute Gasteiger partial charge is 0.447 e. The van der Waals surface area contributed by atoms with E-state index in [0.717, 1.165) is 12.8 Å². The van der Waals surface area contributed by atoms with Gasteiger partial charge in [-0.2, -0.15) is 0 Å². The number of rotatable bonds is 2. The Hall–Kier alpha value is -0.540. The third-order valence-corrected chi connectivity index (χ3v) is 1.58. The number of methoxy groups -OCH3 is 2. The maximum absolute atomic E-state index is 5.14. The van der Waals surface area contributed by atoms with Gasteiger partial charge in [0.1, 0.15) is 0 Å². The Morgan fingerprint density at radius 1 is 1.40 bits per heavy atom. The van der Waals surface area contributed by atoms with E-state index in [0.29, 0.717) is 0 Å². The first-order valence-electron chi connectivity index (χ1n) is 3.26. The fourth-order valence-electron chi connectivity index (χ4n) is 0.923. The van der Waals surface area contributed by atoms with Crippen molar-refractivity contribution in [3.8, 4) is 0 Å². The summed E-state index contributed by atoms with van der Waals surface area (Å²) in [6.45, 7) is 0. The van der Waals surface area contributed by atoms with Crippen molar-refractivity contribution in [2.75, 3.05) is 14.2 Å². The molecular weight excluding hydrogens is 132 g/mol. The van der Waals surface area contributed by atoms with Crippen molar-refractivity contribution in [2.24, 2.45) is 0 Å². The van der Waals surface area contributed by atoms with Crippen molar-refractivity contribution in [2.45, 2.75) is 18.8 Å². The molecule has 0 fully saturated rings. The molecule has 1 aliphatic rings. The van der Waals surface area contributed by atoms with Gasteiger partial charge in [0.25, 0.3) is 0 Å². The lowest BCUT2D eigenvalue weighted by atomic mass is 10.2. The zero-order valence-electron chi connectivity index (χ0n) is 6.29. The first-order chi connectivity index (χ1) is 4.83. The minimum absolute atomic E-state index is 0.747. The van der Waals surface area contributed by atoms with Crippen molar-refractivity contribution in [1.82, 2.24) is 0 Å². The maximum Gasteiger partial charge on any atom is 0.326 e.